The molecule has 1 aromatic carbocycles. The Labute approximate surface area is 399 Å². The molecule has 1 amide bonds. The van der Waals surface area contributed by atoms with Gasteiger partial charge in [0.25, 0.3) is 5.78 Å². The van der Waals surface area contributed by atoms with Crippen LogP contribution in [0.15, 0.2) is 66.4 Å². The number of hydroxylamine groups is 3. The number of nitrogens with zero attached hydrogens (tertiary/aromatic N) is 2. The van der Waals surface area contributed by atoms with E-state index in [4.69, 9.17) is 14.2 Å². The van der Waals surface area contributed by atoms with Crippen LogP contribution in [0, 0.1) is 47.3 Å². The molecule has 3 fully saturated rings. The van der Waals surface area contributed by atoms with Crippen molar-refractivity contribution in [2.75, 3.05) is 20.8 Å². The first-order valence-corrected chi connectivity index (χ1v) is 25.3. The van der Waals surface area contributed by atoms with Crippen LogP contribution in [-0.2, 0) is 35.2 Å². The van der Waals surface area contributed by atoms with Gasteiger partial charge in [-0.05, 0) is 127 Å². The van der Waals surface area contributed by atoms with Crippen LogP contribution in [0.3, 0.4) is 0 Å². The van der Waals surface area contributed by atoms with Crippen molar-refractivity contribution in [1.82, 2.24) is 4.57 Å². The summed E-state index contributed by atoms with van der Waals surface area (Å²) in [5.41, 5.74) is 3.03. The number of aromatic nitrogens is 1. The average Bonchev–Trinajstić information content (AvgIpc) is 3.72. The Morgan fingerprint density at radius 2 is 1.57 bits per heavy atom. The Morgan fingerprint density at radius 1 is 0.866 bits per heavy atom. The van der Waals surface area contributed by atoms with Crippen molar-refractivity contribution < 1.29 is 53.5 Å². The Balaban J connectivity index is 1.30. The number of carbonyl (C=O) groups is 4. The second kappa shape index (κ2) is 23.2. The maximum absolute atomic E-state index is 14.8. The van der Waals surface area contributed by atoms with E-state index in [1.807, 2.05) is 45.0 Å². The van der Waals surface area contributed by atoms with E-state index in [1.165, 1.54) is 0 Å². The summed E-state index contributed by atoms with van der Waals surface area (Å²) in [7, 11) is 3.25. The third-order valence-corrected chi connectivity index (χ3v) is 16.4. The number of Topliss-reactive ketones (excluding diaryl/α,β-unsaturated/α-hetero) is 3. The van der Waals surface area contributed by atoms with E-state index >= 15 is 0 Å². The highest BCUT2D eigenvalue weighted by atomic mass is 16.6. The summed E-state index contributed by atoms with van der Waals surface area (Å²) >= 11 is 0. The van der Waals surface area contributed by atoms with Crippen LogP contribution in [0.5, 0.6) is 5.75 Å². The minimum Gasteiger partial charge on any atom is -0.488 e. The summed E-state index contributed by atoms with van der Waals surface area (Å²) in [5, 5.41) is 36.9. The molecular formula is C55H81N2O10+. The number of aliphatic hydroxyl groups is 2. The van der Waals surface area contributed by atoms with E-state index in [2.05, 4.69) is 43.3 Å². The fourth-order valence-corrected chi connectivity index (χ4v) is 12.3. The lowest BCUT2D eigenvalue weighted by molar-refractivity contribution is -1.06. The first kappa shape index (κ1) is 52.6. The van der Waals surface area contributed by atoms with E-state index in [1.54, 1.807) is 27.2 Å². The molecule has 3 N–H and O–H groups in total. The molecule has 2 bridgehead atoms. The predicted molar refractivity (Wildman–Crippen MR) is 259 cm³/mol. The first-order valence-electron chi connectivity index (χ1n) is 25.3. The zero-order valence-electron chi connectivity index (χ0n) is 41.6. The highest BCUT2D eigenvalue weighted by Crippen LogP contribution is 2.41. The molecule has 6 rings (SSSR count). The minimum absolute atomic E-state index is 0.0102. The smallest absolute Gasteiger partial charge is 0.414 e. The van der Waals surface area contributed by atoms with Gasteiger partial charge in [-0.15, -0.1) is 11.2 Å². The molecule has 0 radical (unpaired) electrons. The molecule has 2 aliphatic heterocycles. The van der Waals surface area contributed by atoms with Crippen LogP contribution in [0.1, 0.15) is 125 Å². The Hall–Kier alpha value is -3.78. The number of ether oxygens (including phenoxy) is 3. The number of hydrogen-bond acceptors (Lipinski definition) is 10. The van der Waals surface area contributed by atoms with Gasteiger partial charge in [0.2, 0.25) is 0 Å². The topological polar surface area (TPSA) is 162 Å². The van der Waals surface area contributed by atoms with Crippen molar-refractivity contribution in [1.29, 1.82) is 0 Å². The highest BCUT2D eigenvalue weighted by Gasteiger charge is 2.57. The zero-order valence-corrected chi connectivity index (χ0v) is 41.6. The van der Waals surface area contributed by atoms with Gasteiger partial charge in [0.15, 0.2) is 0 Å². The second-order valence-electron chi connectivity index (χ2n) is 21.1. The number of piperidine rings is 1. The Bertz CT molecular complexity index is 2120. The van der Waals surface area contributed by atoms with Gasteiger partial charge in [0.05, 0.1) is 30.3 Å². The third-order valence-electron chi connectivity index (χ3n) is 16.4. The summed E-state index contributed by atoms with van der Waals surface area (Å²) < 4.78 is 19.5. The molecule has 15 unspecified atom stereocenters. The summed E-state index contributed by atoms with van der Waals surface area (Å²) in [5.74, 6) is -4.58. The maximum atomic E-state index is 14.8. The molecule has 2 saturated carbocycles. The molecule has 0 spiro atoms. The van der Waals surface area contributed by atoms with Crippen LogP contribution in [0.25, 0.3) is 10.9 Å². The van der Waals surface area contributed by atoms with Crippen molar-refractivity contribution in [2.24, 2.45) is 47.3 Å². The van der Waals surface area contributed by atoms with Gasteiger partial charge in [-0.2, -0.15) is 0 Å². The van der Waals surface area contributed by atoms with Crippen LogP contribution in [0.2, 0.25) is 0 Å². The van der Waals surface area contributed by atoms with Gasteiger partial charge in [-0.1, -0.05) is 56.1 Å². The van der Waals surface area contributed by atoms with Crippen molar-refractivity contribution in [3.63, 3.8) is 0 Å². The number of aryl methyl sites for hydroxylation is 1. The third kappa shape index (κ3) is 12.2. The van der Waals surface area contributed by atoms with E-state index in [0.29, 0.717) is 63.5 Å². The molecule has 1 aromatic heterocycles. The molecule has 67 heavy (non-hydrogen) atoms. The minimum atomic E-state index is -1.07. The molecule has 1 saturated heterocycles. The average molecular weight is 930 g/mol. The Kier molecular flexibility index (Phi) is 18.2. The summed E-state index contributed by atoms with van der Waals surface area (Å²) in [6.45, 7) is 16.6. The number of allylic oxidation sites excluding steroid dienone is 5. The van der Waals surface area contributed by atoms with Crippen molar-refractivity contribution in [2.45, 2.75) is 168 Å². The predicted octanol–water partition coefficient (Wildman–Crippen LogP) is 9.16. The zero-order chi connectivity index (χ0) is 48.7. The molecule has 2 aromatic rings. The van der Waals surface area contributed by atoms with Crippen LogP contribution >= 0.6 is 0 Å². The van der Waals surface area contributed by atoms with Gasteiger partial charge < -0.3 is 29.0 Å². The number of fused-ring (bicyclic) bond motifs is 4. The molecule has 4 aliphatic rings. The summed E-state index contributed by atoms with van der Waals surface area (Å²) in [4.78, 5) is 58.1. The highest BCUT2D eigenvalue weighted by molar-refractivity contribution is 6.34. The van der Waals surface area contributed by atoms with Gasteiger partial charge in [-0.3, -0.25) is 14.4 Å². The number of aliphatic hydroxyl groups excluding tert-OH is 2. The van der Waals surface area contributed by atoms with Gasteiger partial charge in [0.1, 0.15) is 36.0 Å². The largest absolute Gasteiger partial charge is 0.488 e. The summed E-state index contributed by atoms with van der Waals surface area (Å²) in [6, 6.07) is 7.46. The van der Waals surface area contributed by atoms with E-state index in [9.17, 15) is 34.6 Å². The molecule has 12 nitrogen and oxygen atoms in total. The fraction of sp³-hybridized carbons (Fsp3) is 0.673. The Morgan fingerprint density at radius 3 is 2.24 bits per heavy atom. The number of rotatable bonds is 9. The summed E-state index contributed by atoms with van der Waals surface area (Å²) in [6.07, 6.45) is 11.0. The lowest BCUT2D eigenvalue weighted by Gasteiger charge is -2.46. The quantitative estimate of drug-likeness (QED) is 0.0958. The number of amides is 1. The van der Waals surface area contributed by atoms with E-state index in [-0.39, 0.29) is 55.0 Å². The second-order valence-corrected chi connectivity index (χ2v) is 21.1. The van der Waals surface area contributed by atoms with Crippen molar-refractivity contribution in [3.8, 4) is 5.75 Å². The van der Waals surface area contributed by atoms with Gasteiger partial charge in [-0.25, -0.2) is 10.0 Å². The van der Waals surface area contributed by atoms with E-state index < -0.39 is 76.2 Å². The monoisotopic (exact) mass is 930 g/mol. The SMILES string of the molecule is C=CCC1/C=C(\C)CC(C)CC(OC)C2C[N+](O)(C(=O)C(=O)C3CCCCC3C(=O)CC(C(C)=CC3CCC(Oc4ccc5c(ccn5CC)c4)C(O)C3)C(C)C(O)CC1=O)C(C)CC2OC. The molecular weight excluding hydrogens is 849 g/mol. The normalized spacial score (nSPS) is 37.8. The number of ketones is 3. The van der Waals surface area contributed by atoms with Crippen LogP contribution in [-0.4, -0.2) is 105 Å². The van der Waals surface area contributed by atoms with Gasteiger partial charge >= 0.3 is 5.91 Å². The molecule has 2 aliphatic carbocycles. The van der Waals surface area contributed by atoms with Crippen LogP contribution < -0.4 is 4.74 Å². The fourth-order valence-electron chi connectivity index (χ4n) is 12.3. The molecule has 3 heterocycles. The molecule has 12 heteroatoms. The maximum Gasteiger partial charge on any atom is 0.414 e. The van der Waals surface area contributed by atoms with E-state index in [0.717, 1.165) is 41.4 Å². The first-order chi connectivity index (χ1) is 31.9. The molecule has 15 atom stereocenters. The number of hydrogen-bond donors (Lipinski definition) is 3. The number of carbonyl (C=O) groups excluding carboxylic acids is 4. The number of quaternary nitrogens is 1. The standard InChI is InChI=1S/C55H81N2O10/c1-10-14-40-24-33(3)23-34(4)25-52(65-8)45-32-57(64,36(6)27-53(45)66-9)55(63)54(62)43-16-13-12-15-42(43)49(60)30-44(37(7)47(58)31-48(40)59)35(5)26-38-17-20-51(50(61)28-38)67-41-18-19-46-39(29-41)21-22-56(46)11-2/h10,18-19,21-22,24,26,29,34,36-38,40,42-45,47,50-53,58,61,64H,1,11-17,20,23,25,27-28,30-32H2,2-9H3/q+1/b33-24+,35-26?. The lowest BCUT2D eigenvalue weighted by Crippen LogP contribution is -2.67. The van der Waals surface area contributed by atoms with Crippen molar-refractivity contribution >= 4 is 34.2 Å². The van der Waals surface area contributed by atoms with Crippen LogP contribution in [0.4, 0.5) is 0 Å². The van der Waals surface area contributed by atoms with Crippen molar-refractivity contribution in [3.05, 3.63) is 66.4 Å². The molecule has 370 valence electrons. The lowest BCUT2D eigenvalue weighted by atomic mass is 9.70. The number of methoxy groups -OCH3 is 2. The number of benzene rings is 1. The van der Waals surface area contributed by atoms with Gasteiger partial charge in [0, 0.05) is 74.9 Å².